The zero-order valence-corrected chi connectivity index (χ0v) is 21.4. The van der Waals surface area contributed by atoms with Gasteiger partial charge in [0, 0.05) is 32.7 Å². The molecule has 1 aliphatic carbocycles. The van der Waals surface area contributed by atoms with E-state index in [0.29, 0.717) is 31.2 Å². The van der Waals surface area contributed by atoms with Crippen LogP contribution < -0.4 is 21.7 Å². The van der Waals surface area contributed by atoms with Gasteiger partial charge in [0.2, 0.25) is 11.8 Å². The molecule has 0 unspecified atom stereocenters. The Labute approximate surface area is 207 Å². The van der Waals surface area contributed by atoms with Crippen LogP contribution in [0, 0.1) is 5.41 Å². The third-order valence-electron chi connectivity index (χ3n) is 5.42. The van der Waals surface area contributed by atoms with Crippen molar-refractivity contribution in [2.45, 2.75) is 39.2 Å². The Kier molecular flexibility index (Phi) is 11.4. The summed E-state index contributed by atoms with van der Waals surface area (Å²) in [6.07, 6.45) is 3.90. The number of rotatable bonds is 9. The van der Waals surface area contributed by atoms with E-state index in [9.17, 15) is 14.4 Å². The molecule has 5 N–H and O–H groups in total. The van der Waals surface area contributed by atoms with Gasteiger partial charge in [0.1, 0.15) is 0 Å². The molecule has 0 atom stereocenters. The van der Waals surface area contributed by atoms with E-state index >= 15 is 0 Å². The highest BCUT2D eigenvalue weighted by Crippen LogP contribution is 2.38. The van der Waals surface area contributed by atoms with Gasteiger partial charge in [0.15, 0.2) is 5.96 Å². The van der Waals surface area contributed by atoms with Gasteiger partial charge in [0.05, 0.1) is 18.5 Å². The molecule has 0 bridgehead atoms. The van der Waals surface area contributed by atoms with E-state index in [1.54, 1.807) is 31.1 Å². The fourth-order valence-electron chi connectivity index (χ4n) is 3.79. The second kappa shape index (κ2) is 13.2. The van der Waals surface area contributed by atoms with E-state index in [-0.39, 0.29) is 47.8 Å². The fourth-order valence-corrected chi connectivity index (χ4v) is 3.79. The van der Waals surface area contributed by atoms with Gasteiger partial charge in [-0.15, -0.1) is 24.0 Å². The molecule has 178 valence electrons. The normalized spacial score (nSPS) is 14.8. The molecule has 0 spiro atoms. The summed E-state index contributed by atoms with van der Waals surface area (Å²) in [5, 5.41) is 9.03. The lowest BCUT2D eigenvalue weighted by molar-refractivity contribution is -0.138. The number of nitrogens with two attached hydrogens (primary N) is 1. The van der Waals surface area contributed by atoms with Crippen molar-refractivity contribution in [1.29, 1.82) is 0 Å². The van der Waals surface area contributed by atoms with E-state index < -0.39 is 5.91 Å². The molecule has 0 saturated heterocycles. The monoisotopic (exact) mass is 558 g/mol. The van der Waals surface area contributed by atoms with Crippen LogP contribution in [0.4, 0.5) is 0 Å². The first-order chi connectivity index (χ1) is 14.8. The van der Waals surface area contributed by atoms with Crippen LogP contribution in [0.25, 0.3) is 0 Å². The number of amides is 3. The van der Waals surface area contributed by atoms with E-state index in [1.165, 1.54) is 0 Å². The number of carbonyl (C=O) groups excluding carboxylic acids is 3. The fraction of sp³-hybridized carbons (Fsp3) is 0.545. The van der Waals surface area contributed by atoms with Gasteiger partial charge in [-0.2, -0.15) is 0 Å². The van der Waals surface area contributed by atoms with Crippen molar-refractivity contribution in [3.8, 4) is 0 Å². The number of hydrogen-bond donors (Lipinski definition) is 4. The van der Waals surface area contributed by atoms with Crippen LogP contribution in [0.5, 0.6) is 0 Å². The molecule has 0 radical (unpaired) electrons. The summed E-state index contributed by atoms with van der Waals surface area (Å²) in [6.45, 7) is 3.48. The predicted molar refractivity (Wildman–Crippen MR) is 136 cm³/mol. The van der Waals surface area contributed by atoms with Crippen molar-refractivity contribution >= 4 is 47.7 Å². The molecule has 10 heteroatoms. The van der Waals surface area contributed by atoms with Crippen molar-refractivity contribution in [2.75, 3.05) is 33.7 Å². The van der Waals surface area contributed by atoms with Gasteiger partial charge >= 0.3 is 0 Å². The summed E-state index contributed by atoms with van der Waals surface area (Å²) < 4.78 is 0. The molecule has 0 aliphatic heterocycles. The first-order valence-electron chi connectivity index (χ1n) is 10.7. The number of carbonyl (C=O) groups is 3. The second-order valence-electron chi connectivity index (χ2n) is 8.08. The third kappa shape index (κ3) is 7.95. The molecule has 1 aliphatic rings. The van der Waals surface area contributed by atoms with Crippen LogP contribution in [0.2, 0.25) is 0 Å². The Morgan fingerprint density at radius 1 is 1.06 bits per heavy atom. The summed E-state index contributed by atoms with van der Waals surface area (Å²) in [5.74, 6) is -0.118. The highest BCUT2D eigenvalue weighted by Gasteiger charge is 2.42. The SMILES string of the molecule is CCNC(=NCc1ccc(C(=O)NCC(N)=O)cc1)NCC1(C(=O)N(C)C)CCCC1.I. The minimum atomic E-state index is -0.588. The average molecular weight is 558 g/mol. The Morgan fingerprint density at radius 2 is 1.69 bits per heavy atom. The maximum absolute atomic E-state index is 12.8. The van der Waals surface area contributed by atoms with Crippen molar-refractivity contribution in [2.24, 2.45) is 16.1 Å². The molecule has 0 heterocycles. The molecule has 0 aromatic heterocycles. The number of aliphatic imine (C=N–C) groups is 1. The molecule has 9 nitrogen and oxygen atoms in total. The largest absolute Gasteiger partial charge is 0.368 e. The standard InChI is InChI=1S/C22H34N6O3.HI/c1-4-24-21(27-15-22(11-5-6-12-22)20(31)28(2)3)26-13-16-7-9-17(10-8-16)19(30)25-14-18(23)29;/h7-10H,4-6,11-15H2,1-3H3,(H2,23,29)(H,25,30)(H2,24,26,27);1H. The van der Waals surface area contributed by atoms with Crippen LogP contribution >= 0.6 is 24.0 Å². The van der Waals surface area contributed by atoms with E-state index in [2.05, 4.69) is 20.9 Å². The first kappa shape index (κ1) is 27.7. The summed E-state index contributed by atoms with van der Waals surface area (Å²) >= 11 is 0. The highest BCUT2D eigenvalue weighted by molar-refractivity contribution is 14.0. The first-order valence-corrected chi connectivity index (χ1v) is 10.7. The van der Waals surface area contributed by atoms with E-state index in [1.807, 2.05) is 19.1 Å². The summed E-state index contributed by atoms with van der Waals surface area (Å²) in [5.41, 5.74) is 6.04. The van der Waals surface area contributed by atoms with Gasteiger partial charge in [-0.05, 0) is 37.5 Å². The summed E-state index contributed by atoms with van der Waals surface area (Å²) in [6, 6.07) is 7.01. The number of nitrogens with zero attached hydrogens (tertiary/aromatic N) is 2. The Balaban J connectivity index is 0.00000512. The maximum atomic E-state index is 12.8. The van der Waals surface area contributed by atoms with Crippen molar-refractivity contribution in [3.63, 3.8) is 0 Å². The lowest BCUT2D eigenvalue weighted by atomic mass is 9.84. The Morgan fingerprint density at radius 3 is 2.22 bits per heavy atom. The van der Waals surface area contributed by atoms with Crippen molar-refractivity contribution in [1.82, 2.24) is 20.9 Å². The van der Waals surface area contributed by atoms with Crippen molar-refractivity contribution < 1.29 is 14.4 Å². The summed E-state index contributed by atoms with van der Waals surface area (Å²) in [4.78, 5) is 41.8. The lowest BCUT2D eigenvalue weighted by Gasteiger charge is -2.31. The number of guanidine groups is 1. The van der Waals surface area contributed by atoms with Crippen LogP contribution in [-0.2, 0) is 16.1 Å². The molecule has 1 saturated carbocycles. The molecular formula is C22H35IN6O3. The topological polar surface area (TPSA) is 129 Å². The van der Waals surface area contributed by atoms with E-state index in [0.717, 1.165) is 31.2 Å². The quantitative estimate of drug-likeness (QED) is 0.206. The number of halogens is 1. The van der Waals surface area contributed by atoms with Gasteiger partial charge < -0.3 is 26.6 Å². The molecule has 1 aromatic carbocycles. The van der Waals surface area contributed by atoms with Gasteiger partial charge in [-0.1, -0.05) is 25.0 Å². The Bertz CT molecular complexity index is 804. The van der Waals surface area contributed by atoms with Gasteiger partial charge in [0.25, 0.3) is 5.91 Å². The lowest BCUT2D eigenvalue weighted by Crippen LogP contribution is -2.49. The number of primary amides is 1. The Hall–Kier alpha value is -2.37. The van der Waals surface area contributed by atoms with Gasteiger partial charge in [-0.25, -0.2) is 4.99 Å². The molecule has 3 amide bonds. The molecule has 32 heavy (non-hydrogen) atoms. The second-order valence-corrected chi connectivity index (χ2v) is 8.08. The minimum Gasteiger partial charge on any atom is -0.368 e. The molecular weight excluding hydrogens is 523 g/mol. The third-order valence-corrected chi connectivity index (χ3v) is 5.42. The highest BCUT2D eigenvalue weighted by atomic mass is 127. The van der Waals surface area contributed by atoms with Crippen LogP contribution in [0.15, 0.2) is 29.3 Å². The number of hydrogen-bond acceptors (Lipinski definition) is 4. The van der Waals surface area contributed by atoms with Crippen LogP contribution in [-0.4, -0.2) is 62.3 Å². The number of benzene rings is 1. The molecule has 1 fully saturated rings. The minimum absolute atomic E-state index is 0. The van der Waals surface area contributed by atoms with Crippen LogP contribution in [0.1, 0.15) is 48.5 Å². The predicted octanol–water partition coefficient (Wildman–Crippen LogP) is 1.22. The maximum Gasteiger partial charge on any atom is 0.251 e. The van der Waals surface area contributed by atoms with Gasteiger partial charge in [-0.3, -0.25) is 14.4 Å². The number of nitrogens with one attached hydrogen (secondary N) is 3. The van der Waals surface area contributed by atoms with Crippen LogP contribution in [0.3, 0.4) is 0 Å². The zero-order chi connectivity index (χ0) is 22.9. The van der Waals surface area contributed by atoms with Crippen molar-refractivity contribution in [3.05, 3.63) is 35.4 Å². The average Bonchev–Trinajstić information content (AvgIpc) is 3.23. The summed E-state index contributed by atoms with van der Waals surface area (Å²) in [7, 11) is 3.61. The van der Waals surface area contributed by atoms with E-state index in [4.69, 9.17) is 5.73 Å². The molecule has 2 rings (SSSR count). The molecule has 1 aromatic rings. The smallest absolute Gasteiger partial charge is 0.251 e. The zero-order valence-electron chi connectivity index (χ0n) is 19.1.